The van der Waals surface area contributed by atoms with Crippen LogP contribution in [0.1, 0.15) is 124 Å². The van der Waals surface area contributed by atoms with E-state index in [0.717, 1.165) is 144 Å². The lowest BCUT2D eigenvalue weighted by Crippen LogP contribution is -2.31. The molecule has 0 amide bonds. The molecular weight excluding hydrogens is 1450 g/mol. The van der Waals surface area contributed by atoms with Crippen molar-refractivity contribution in [3.8, 4) is 56.3 Å². The third kappa shape index (κ3) is 14.7. The summed E-state index contributed by atoms with van der Waals surface area (Å²) in [7, 11) is 10.0. The molecule has 15 aromatic heterocycles. The zero-order chi connectivity index (χ0) is 87.0. The predicted molar refractivity (Wildman–Crippen MR) is 471 cm³/mol. The van der Waals surface area contributed by atoms with Crippen LogP contribution in [0.2, 0.25) is 0 Å². The normalized spacial score (nSPS) is 12.7. The van der Waals surface area contributed by atoms with E-state index in [1.54, 1.807) is 45.6 Å². The molecule has 0 aliphatic rings. The molecule has 582 valence electrons. The Kier molecular flexibility index (Phi) is 19.5. The lowest BCUT2D eigenvalue weighted by Gasteiger charge is -2.09. The molecule has 15 nitrogen and oxygen atoms in total. The van der Waals surface area contributed by atoms with E-state index in [1.807, 2.05) is 201 Å². The van der Waals surface area contributed by atoms with Gasteiger partial charge >= 0.3 is 0 Å². The van der Waals surface area contributed by atoms with Crippen LogP contribution in [0.3, 0.4) is 0 Å². The Balaban J connectivity index is 0.000000114. The lowest BCUT2D eigenvalue weighted by atomic mass is 9.97. The van der Waals surface area contributed by atoms with Crippen LogP contribution in [0.15, 0.2) is 266 Å². The number of fused-ring (bicyclic) bond motifs is 15. The van der Waals surface area contributed by atoms with Crippen molar-refractivity contribution in [1.82, 2.24) is 24.9 Å². The highest BCUT2D eigenvalue weighted by Crippen LogP contribution is 2.43. The van der Waals surface area contributed by atoms with Crippen LogP contribution in [-0.4, -0.2) is 24.9 Å². The van der Waals surface area contributed by atoms with E-state index in [4.69, 9.17) is 30.3 Å². The maximum atomic E-state index is 7.93. The van der Waals surface area contributed by atoms with Crippen LogP contribution in [-0.2, 0) is 54.4 Å². The monoisotopic (exact) mass is 1550 g/mol. The maximum Gasteiger partial charge on any atom is 0.228 e. The summed E-state index contributed by atoms with van der Waals surface area (Å²) in [5, 5.41) is 9.64. The molecule has 0 saturated carbocycles. The van der Waals surface area contributed by atoms with Crippen molar-refractivity contribution < 1.29 is 53.1 Å². The first kappa shape index (κ1) is 70.2. The van der Waals surface area contributed by atoms with Crippen LogP contribution in [0.25, 0.3) is 166 Å². The molecule has 20 rings (SSSR count). The number of pyridine rings is 10. The summed E-state index contributed by atoms with van der Waals surface area (Å²) < 4.78 is 87.7. The fraction of sp³-hybridized carbons (Fsp3) is 0.216. The average molecular weight is 1550 g/mol. The number of aryl methyl sites for hydroxylation is 13. The Bertz CT molecular complexity index is 6910. The van der Waals surface area contributed by atoms with Crippen molar-refractivity contribution in [3.05, 3.63) is 300 Å². The van der Waals surface area contributed by atoms with Crippen molar-refractivity contribution in [2.24, 2.45) is 35.2 Å². The number of hydrogen-bond donors (Lipinski definition) is 0. The fourth-order valence-corrected chi connectivity index (χ4v) is 16.2. The Labute approximate surface area is 689 Å². The van der Waals surface area contributed by atoms with Crippen molar-refractivity contribution >= 4 is 110 Å². The van der Waals surface area contributed by atoms with Crippen LogP contribution in [0.5, 0.6) is 0 Å². The van der Waals surface area contributed by atoms with Crippen molar-refractivity contribution in [2.45, 2.75) is 114 Å². The topological polar surface area (TPSA) is 150 Å². The van der Waals surface area contributed by atoms with Gasteiger partial charge in [0.1, 0.15) is 68.7 Å². The van der Waals surface area contributed by atoms with E-state index in [2.05, 4.69) is 164 Å². The first-order valence-corrected chi connectivity index (χ1v) is 39.5. The highest BCUT2D eigenvalue weighted by molar-refractivity contribution is 6.15. The van der Waals surface area contributed by atoms with E-state index in [9.17, 15) is 0 Å². The number of rotatable bonds is 10. The first-order valence-electron chi connectivity index (χ1n) is 42.5. The summed E-state index contributed by atoms with van der Waals surface area (Å²) in [5.74, 6) is 1.03. The molecule has 0 saturated heterocycles. The second-order valence-electron chi connectivity index (χ2n) is 30.6. The Morgan fingerprint density at radius 2 is 0.718 bits per heavy atom. The quantitative estimate of drug-likeness (QED) is 0.121. The molecule has 0 radical (unpaired) electrons. The van der Waals surface area contributed by atoms with Crippen LogP contribution >= 0.6 is 0 Å². The molecule has 0 bridgehead atoms. The van der Waals surface area contributed by atoms with E-state index in [1.165, 1.54) is 50.2 Å². The zero-order valence-corrected chi connectivity index (χ0v) is 69.3. The number of nitrogens with zero attached hydrogens (tertiary/aromatic N) is 10. The van der Waals surface area contributed by atoms with Gasteiger partial charge in [-0.3, -0.25) is 15.0 Å². The van der Waals surface area contributed by atoms with E-state index >= 15 is 0 Å². The second kappa shape index (κ2) is 32.5. The summed E-state index contributed by atoms with van der Waals surface area (Å²) >= 11 is 0. The number of furan rings is 5. The summed E-state index contributed by atoms with van der Waals surface area (Å²) in [4.78, 5) is 22.0. The summed E-state index contributed by atoms with van der Waals surface area (Å²) in [6, 6.07) is 58.5. The average Bonchev–Trinajstić information content (AvgIpc) is 1.64. The van der Waals surface area contributed by atoms with Gasteiger partial charge in [0.05, 0.1) is 56.7 Å². The van der Waals surface area contributed by atoms with Gasteiger partial charge in [-0.15, -0.1) is 0 Å². The van der Waals surface area contributed by atoms with E-state index in [-0.39, 0.29) is 0 Å². The Morgan fingerprint density at radius 3 is 1.26 bits per heavy atom. The molecular formula is C102H99N10O5+5. The summed E-state index contributed by atoms with van der Waals surface area (Å²) in [6.07, 6.45) is 16.6. The third-order valence-corrected chi connectivity index (χ3v) is 22.3. The van der Waals surface area contributed by atoms with Crippen molar-refractivity contribution in [1.29, 1.82) is 0 Å². The van der Waals surface area contributed by atoms with Gasteiger partial charge in [0, 0.05) is 129 Å². The van der Waals surface area contributed by atoms with Gasteiger partial charge < -0.3 is 22.1 Å². The van der Waals surface area contributed by atoms with Gasteiger partial charge in [0.15, 0.2) is 47.7 Å². The largest absolute Gasteiger partial charge is 0.454 e. The molecule has 0 N–H and O–H groups in total. The minimum atomic E-state index is -1.38. The lowest BCUT2D eigenvalue weighted by molar-refractivity contribution is -0.660. The molecule has 0 aliphatic heterocycles. The van der Waals surface area contributed by atoms with Crippen LogP contribution in [0.4, 0.5) is 0 Å². The van der Waals surface area contributed by atoms with Gasteiger partial charge in [-0.05, 0) is 179 Å². The minimum absolute atomic E-state index is 0.515. The Hall–Kier alpha value is -13.4. The molecule has 0 spiro atoms. The third-order valence-electron chi connectivity index (χ3n) is 22.3. The summed E-state index contributed by atoms with van der Waals surface area (Å²) in [6.45, 7) is 24.0. The number of para-hydroxylation sites is 2. The SMILES string of the molecule is Cc1ccc2oc3cnccc3c2c1-c1ccc(C(C)C)c[n+]1C.Cc1ccc2oc3ncccc3c2c1-c1ccc(C(C)C)c[n+]1C.[2H]C([2H])(C)c1ccc(-c2c(C)ccc3oc4cccnc4c23)[n+](C)c1.[2H]C([2H])(C)c1ccc(-c2c(C)cnc3oc4ccccc4c23)[n+](C)c1.[2H]C([2H])(C)c1ccc(-c2c(C)ncc3oc4ccccc4c23)[n+](C)c1. The molecule has 0 unspecified atom stereocenters. The summed E-state index contributed by atoms with van der Waals surface area (Å²) in [5.41, 5.74) is 30.0. The molecule has 0 atom stereocenters. The van der Waals surface area contributed by atoms with Gasteiger partial charge in [-0.2, -0.15) is 0 Å². The second-order valence-corrected chi connectivity index (χ2v) is 30.6. The van der Waals surface area contributed by atoms with Gasteiger partial charge in [-0.25, -0.2) is 32.8 Å². The molecule has 0 aliphatic carbocycles. The molecule has 0 fully saturated rings. The van der Waals surface area contributed by atoms with Crippen molar-refractivity contribution in [3.63, 3.8) is 0 Å². The van der Waals surface area contributed by atoms with Crippen LogP contribution in [0, 0.1) is 34.6 Å². The number of benzene rings is 5. The van der Waals surface area contributed by atoms with Crippen molar-refractivity contribution in [2.75, 3.05) is 0 Å². The zero-order valence-electron chi connectivity index (χ0n) is 75.3. The fourth-order valence-electron chi connectivity index (χ4n) is 16.2. The van der Waals surface area contributed by atoms with E-state index in [0.29, 0.717) is 40.0 Å². The standard InChI is InChI=1S/2C21H21N2O.3C20H19N2O/c1-13(2)15-6-7-17(23(4)12-15)20-14(3)5-8-18-21(20)16-9-10-22-11-19(16)24-18;1-13(2)15-8-9-17(23(4)12-15)19-14(3)7-10-18-20(19)16-6-5-11-22-21(16)24-18;1-4-14-8-9-15(22(3)12-14)18-13(2)7-10-16-19(18)20-17(23-16)6-5-11-21-20;1-4-14-9-10-16(22(3)12-14)19-13(2)21-11-18-20(19)15-7-5-6-8-17(15)23-18;1-4-14-9-10-16(22(3)12-14)18-13(2)11-21-20-19(18)15-7-5-6-8-17(15)23-20/h2*5-13H,1-4H3;3*5-12H,4H2,1-3H3/q5*+1/i;;3*4D2. The highest BCUT2D eigenvalue weighted by atomic mass is 16.4. The smallest absolute Gasteiger partial charge is 0.228 e. The highest BCUT2D eigenvalue weighted by Gasteiger charge is 2.28. The molecule has 5 aromatic carbocycles. The molecule has 20 aromatic rings. The van der Waals surface area contributed by atoms with Crippen LogP contribution < -0.4 is 22.8 Å². The first-order chi connectivity index (χ1) is 58.7. The predicted octanol–water partition coefficient (Wildman–Crippen LogP) is 22.8. The number of aromatic nitrogens is 10. The van der Waals surface area contributed by atoms with Gasteiger partial charge in [-0.1, -0.05) is 103 Å². The maximum absolute atomic E-state index is 7.93. The Morgan fingerprint density at radius 1 is 0.308 bits per heavy atom. The molecule has 117 heavy (non-hydrogen) atoms. The molecule has 15 heteroatoms. The van der Waals surface area contributed by atoms with Gasteiger partial charge in [0.25, 0.3) is 0 Å². The molecule has 15 heterocycles. The van der Waals surface area contributed by atoms with E-state index < -0.39 is 19.1 Å². The minimum Gasteiger partial charge on any atom is -0.454 e. The van der Waals surface area contributed by atoms with Gasteiger partial charge in [0.2, 0.25) is 39.9 Å². The number of hydrogen-bond acceptors (Lipinski definition) is 10.